The maximum Gasteiger partial charge on any atom is 0.350 e. The second kappa shape index (κ2) is 55.7. The summed E-state index contributed by atoms with van der Waals surface area (Å²) in [5.74, 6) is -8.78. The van der Waals surface area contributed by atoms with Crippen molar-refractivity contribution in [2.75, 3.05) is 65.6 Å². The molecule has 8 aromatic carbocycles. The Kier molecular flexibility index (Phi) is 45.0. The highest BCUT2D eigenvalue weighted by molar-refractivity contribution is 8.00. The smallest absolute Gasteiger partial charge is 0.350 e. The standard InChI is InChI=1S/C25H24Cl2F2N2O4S.C25H25Cl2FN2O4S.C24H23Cl2FN2O3S.C23H20Cl2F2N2O4S/c1-2-35-25(34)23(29)24(33)30-17-11-13-31(14-12-17)20(32)10-4-15-3-9-19(22(27)21(15)26)36-18-7-5-16(28)6-8-18;1-2-34-23(33)15-21(31)29-18-11-13-30(14-12-18)22(32)10-4-16-3-9-20(25(27)24(16)26)35-19-7-5-17(28)6-8-19;1-15(30)14-21(31)28-18-10-12-29(13-11-18)22(32)9-3-16-2-8-20(24(26)23(16)25)33-19-6-4-17(27)5-7-19;24-19-13(1-7-17(20(19)25)34-16-5-3-14(26)4-6-16)2-8-18(30)29-11-9-15(10-12-29)28-22(31)21(27)23(32)33/h3-10,17,23H,2,11-14H2,1H3,(H,30,33);3-10,18H,2,11-15H2,1H3,(H,29,31);2-9,18H,10-14H2,1H3,(H,28,31);1-8,15,21H,9-12H2,(H,28,31)(H,32,33)/b2*10-4+;9-3+;8-2+. The summed E-state index contributed by atoms with van der Waals surface area (Å²) in [6.07, 6.45) is 10.7. The molecule has 8 amide bonds. The van der Waals surface area contributed by atoms with Crippen LogP contribution in [-0.4, -0.2) is 198 Å². The Morgan fingerprint density at radius 2 is 0.594 bits per heavy atom. The van der Waals surface area contributed by atoms with Crippen LogP contribution in [0.25, 0.3) is 24.3 Å². The number of carboxylic acid groups (broad SMARTS) is 1. The molecule has 2 unspecified atom stereocenters. The maximum absolute atomic E-state index is 13.8. The summed E-state index contributed by atoms with van der Waals surface area (Å²) in [7, 11) is 0. The van der Waals surface area contributed by atoms with Crippen molar-refractivity contribution in [3.05, 3.63) is 256 Å². The molecule has 0 aliphatic carbocycles. The van der Waals surface area contributed by atoms with Crippen LogP contribution in [0.15, 0.2) is 209 Å². The Hall–Kier alpha value is -10.1. The van der Waals surface area contributed by atoms with E-state index >= 15 is 0 Å². The fourth-order valence-electron chi connectivity index (χ4n) is 13.7. The van der Waals surface area contributed by atoms with Crippen LogP contribution in [0.1, 0.15) is 107 Å². The van der Waals surface area contributed by atoms with Crippen LogP contribution in [0, 0.1) is 23.3 Å². The zero-order chi connectivity index (χ0) is 100. The van der Waals surface area contributed by atoms with E-state index in [1.165, 1.54) is 134 Å². The third-order valence-electron chi connectivity index (χ3n) is 20.9. The Morgan fingerprint density at radius 1 is 0.355 bits per heavy atom. The zero-order valence-corrected chi connectivity index (χ0v) is 83.3. The van der Waals surface area contributed by atoms with Crippen LogP contribution < -0.4 is 21.3 Å². The predicted molar refractivity (Wildman–Crippen MR) is 526 cm³/mol. The van der Waals surface area contributed by atoms with Crippen LogP contribution in [-0.2, 0) is 67.0 Å². The maximum atomic E-state index is 13.8. The molecule has 4 aliphatic heterocycles. The quantitative estimate of drug-likeness (QED) is 0.0121. The number of Topliss-reactive ketones (excluding diaryl/α,β-unsaturated/α-hetero) is 1. The van der Waals surface area contributed by atoms with Gasteiger partial charge in [0.05, 0.1) is 59.8 Å². The van der Waals surface area contributed by atoms with Gasteiger partial charge in [-0.25, -0.2) is 35.9 Å². The van der Waals surface area contributed by atoms with E-state index in [-0.39, 0.29) is 119 Å². The number of alkyl halides is 2. The first-order valence-electron chi connectivity index (χ1n) is 42.9. The molecule has 2 atom stereocenters. The number of likely N-dealkylation sites (tertiary alicyclic amines) is 4. The molecule has 12 rings (SSSR count). The normalized spacial score (nSPS) is 14.8. The molecule has 0 aromatic heterocycles. The topological polar surface area (TPSA) is 305 Å². The van der Waals surface area contributed by atoms with Gasteiger partial charge >= 0.3 is 17.9 Å². The van der Waals surface area contributed by atoms with Gasteiger partial charge in [-0.05, 0) is 240 Å². The molecular weight excluding hydrogens is 2040 g/mol. The number of piperidine rings is 4. The number of aliphatic carboxylic acids is 1. The minimum absolute atomic E-state index is 0.0168. The second-order valence-electron chi connectivity index (χ2n) is 30.9. The number of carboxylic acids is 1. The molecule has 4 aliphatic rings. The van der Waals surface area contributed by atoms with Crippen molar-refractivity contribution >= 4 is 235 Å². The minimum atomic E-state index is -2.61. The SMILES string of the molecule is CC(=O)CC(=O)NC1CCN(C(=O)/C=C/c2ccc(Sc3ccc(F)cc3)c(Cl)c2Cl)CC1.CCOC(=O)C(F)C(=O)NC1CCN(C(=O)/C=C/c2ccc(Sc3ccc(F)cc3)c(Cl)c2Cl)CC1.CCOC(=O)CC(=O)NC1CCN(C(=O)/C=C/c2ccc(Sc3ccc(F)cc3)c(Cl)c2Cl)CC1.O=C(O)C(F)C(=O)NC1CCN(C(=O)/C=C/c2ccc(Sc3ccc(F)cc3)c(Cl)c2Cl)CC1. The third kappa shape index (κ3) is 35.3. The zero-order valence-electron chi connectivity index (χ0n) is 74.0. The molecule has 5 N–H and O–H groups in total. The largest absolute Gasteiger partial charge is 0.479 e. The highest BCUT2D eigenvalue weighted by atomic mass is 35.5. The lowest BCUT2D eigenvalue weighted by Crippen LogP contribution is -2.49. The molecule has 41 heteroatoms. The van der Waals surface area contributed by atoms with Gasteiger partial charge in [-0.3, -0.25) is 47.9 Å². The lowest BCUT2D eigenvalue weighted by Gasteiger charge is -2.32. The second-order valence-corrected chi connectivity index (χ2v) is 38.4. The fraction of sp³-hybridized carbons (Fsp3) is 0.299. The average Bonchev–Trinajstić information content (AvgIpc) is 0.832. The number of esters is 2. The molecule has 8 aromatic rings. The molecule has 0 radical (unpaired) electrons. The van der Waals surface area contributed by atoms with Crippen LogP contribution in [0.4, 0.5) is 26.3 Å². The molecule has 732 valence electrons. The van der Waals surface area contributed by atoms with Gasteiger partial charge in [0.2, 0.25) is 35.4 Å². The number of rotatable bonds is 30. The van der Waals surface area contributed by atoms with E-state index in [4.69, 9.17) is 103 Å². The number of halogens is 14. The fourth-order valence-corrected chi connectivity index (χ4v) is 19.4. The summed E-state index contributed by atoms with van der Waals surface area (Å²) in [5.41, 5.74) is 2.33. The van der Waals surface area contributed by atoms with Crippen molar-refractivity contribution in [3.63, 3.8) is 0 Å². The van der Waals surface area contributed by atoms with Crippen molar-refractivity contribution < 1.29 is 98.5 Å². The Bertz CT molecular complexity index is 5820. The summed E-state index contributed by atoms with van der Waals surface area (Å²) in [6.45, 7) is 8.13. The van der Waals surface area contributed by atoms with E-state index in [0.717, 1.165) is 29.4 Å². The highest BCUT2D eigenvalue weighted by Gasteiger charge is 2.34. The van der Waals surface area contributed by atoms with Gasteiger partial charge in [-0.1, -0.05) is 164 Å². The monoisotopic (exact) mass is 2130 g/mol. The number of benzene rings is 8. The van der Waals surface area contributed by atoms with E-state index in [0.29, 0.717) is 166 Å². The first-order chi connectivity index (χ1) is 65.8. The summed E-state index contributed by atoms with van der Waals surface area (Å²) >= 11 is 56.7. The number of nitrogens with one attached hydrogen (secondary N) is 4. The van der Waals surface area contributed by atoms with Crippen molar-refractivity contribution in [2.24, 2.45) is 0 Å². The first kappa shape index (κ1) is 111. The van der Waals surface area contributed by atoms with E-state index in [1.54, 1.807) is 142 Å². The molecule has 0 bridgehead atoms. The average molecular weight is 2140 g/mol. The minimum Gasteiger partial charge on any atom is -0.479 e. The van der Waals surface area contributed by atoms with Crippen LogP contribution in [0.2, 0.25) is 40.2 Å². The molecular formula is C97H92Cl8F6N8O15S4. The number of ether oxygens (including phenoxy) is 2. The van der Waals surface area contributed by atoms with Crippen LogP contribution in [0.3, 0.4) is 0 Å². The highest BCUT2D eigenvalue weighted by Crippen LogP contribution is 2.44. The molecule has 0 saturated carbocycles. The van der Waals surface area contributed by atoms with Gasteiger partial charge in [-0.15, -0.1) is 0 Å². The lowest BCUT2D eigenvalue weighted by molar-refractivity contribution is -0.154. The third-order valence-corrected chi connectivity index (χ3v) is 29.2. The number of amides is 8. The summed E-state index contributed by atoms with van der Waals surface area (Å²) in [6, 6.07) is 37.4. The summed E-state index contributed by atoms with van der Waals surface area (Å²) < 4.78 is 88.7. The Balaban J connectivity index is 0.000000206. The number of carbonyl (C=O) groups is 12. The Labute approximate surface area is 849 Å². The first-order valence-corrected chi connectivity index (χ1v) is 49.2. The van der Waals surface area contributed by atoms with Crippen molar-refractivity contribution in [2.45, 2.75) is 161 Å². The van der Waals surface area contributed by atoms with Gasteiger partial charge < -0.3 is 55.4 Å². The van der Waals surface area contributed by atoms with E-state index in [2.05, 4.69) is 26.0 Å². The van der Waals surface area contributed by atoms with Crippen LogP contribution in [0.5, 0.6) is 0 Å². The number of hydrogen-bond donors (Lipinski definition) is 5. The van der Waals surface area contributed by atoms with Gasteiger partial charge in [0.1, 0.15) is 35.5 Å². The van der Waals surface area contributed by atoms with Gasteiger partial charge in [0.25, 0.3) is 24.2 Å². The van der Waals surface area contributed by atoms with Crippen molar-refractivity contribution in [3.8, 4) is 0 Å². The molecule has 4 fully saturated rings. The van der Waals surface area contributed by atoms with E-state index < -0.39 is 48.1 Å². The number of hydrogen-bond acceptors (Lipinski definition) is 18. The predicted octanol–water partition coefficient (Wildman–Crippen LogP) is 20.9. The van der Waals surface area contributed by atoms with Crippen molar-refractivity contribution in [1.29, 1.82) is 0 Å². The summed E-state index contributed by atoms with van der Waals surface area (Å²) in [5, 5.41) is 21.6. The molecule has 0 spiro atoms. The van der Waals surface area contributed by atoms with Gasteiger partial charge in [-0.2, -0.15) is 0 Å². The Morgan fingerprint density at radius 3 is 0.833 bits per heavy atom. The summed E-state index contributed by atoms with van der Waals surface area (Å²) in [4.78, 5) is 154. The number of carbonyl (C=O) groups excluding carboxylic acids is 11. The molecule has 4 heterocycles. The number of nitrogens with zero attached hydrogens (tertiary/aromatic N) is 4. The van der Waals surface area contributed by atoms with Crippen LogP contribution >= 0.6 is 140 Å². The lowest BCUT2D eigenvalue weighted by atomic mass is 10.0. The molecule has 23 nitrogen and oxygen atoms in total. The van der Waals surface area contributed by atoms with Crippen molar-refractivity contribution in [1.82, 2.24) is 40.9 Å². The van der Waals surface area contributed by atoms with E-state index in [9.17, 15) is 83.9 Å². The van der Waals surface area contributed by atoms with E-state index in [1.807, 2.05) is 6.07 Å². The van der Waals surface area contributed by atoms with Gasteiger partial charge in [0, 0.05) is 140 Å². The molecule has 138 heavy (non-hydrogen) atoms. The van der Waals surface area contributed by atoms with Gasteiger partial charge in [0.15, 0.2) is 0 Å². The molecule has 4 saturated heterocycles. The number of ketones is 1.